The van der Waals surface area contributed by atoms with Crippen molar-refractivity contribution in [2.75, 3.05) is 0 Å². The Morgan fingerprint density at radius 1 is 0.485 bits per heavy atom. The van der Waals surface area contributed by atoms with Gasteiger partial charge in [-0.05, 0) is 53.9 Å². The molecule has 0 saturated carbocycles. The summed E-state index contributed by atoms with van der Waals surface area (Å²) in [6, 6.07) is 30.6. The molecule has 6 rings (SSSR count). The average molecular weight is 433 g/mol. The van der Waals surface area contributed by atoms with E-state index in [1.807, 2.05) is 0 Å². The number of hydrogen-bond acceptors (Lipinski definition) is 2. The lowest BCUT2D eigenvalue weighted by atomic mass is 10.1. The highest BCUT2D eigenvalue weighted by Gasteiger charge is 2.13. The zero-order valence-electron chi connectivity index (χ0n) is 18.7. The molecule has 0 saturated heterocycles. The number of fused-ring (bicyclic) bond motifs is 6. The van der Waals surface area contributed by atoms with E-state index in [0.717, 1.165) is 19.5 Å². The smallest absolute Gasteiger partial charge is 0.0491 e. The van der Waals surface area contributed by atoms with Crippen LogP contribution in [0, 0.1) is 0 Å². The van der Waals surface area contributed by atoms with E-state index in [1.165, 1.54) is 54.7 Å². The summed E-state index contributed by atoms with van der Waals surface area (Å²) in [5.74, 6) is 0. The fraction of sp³-hybridized carbons (Fsp3) is 0.172. The molecule has 4 heteroatoms. The lowest BCUT2D eigenvalue weighted by molar-refractivity contribution is 0.603. The summed E-state index contributed by atoms with van der Waals surface area (Å²) in [7, 11) is 0. The molecule has 0 aliphatic carbocycles. The van der Waals surface area contributed by atoms with Crippen molar-refractivity contribution in [2.24, 2.45) is 11.5 Å². The molecule has 164 valence electrons. The summed E-state index contributed by atoms with van der Waals surface area (Å²) in [6.07, 6.45) is 1.04. The highest BCUT2D eigenvalue weighted by molar-refractivity contribution is 6.09. The predicted octanol–water partition coefficient (Wildman–Crippen LogP) is 5.91. The Labute approximate surface area is 193 Å². The Morgan fingerprint density at radius 3 is 1.36 bits per heavy atom. The number of hydrogen-bond donors (Lipinski definition) is 2. The molecule has 0 bridgehead atoms. The standard InChI is InChI=1S/C29H28N4/c30-18-20-10-12-28-24(16-20)22-6-1-3-8-26(22)32(28)14-5-15-33-27-9-4-2-7-23(27)25-17-21(19-31)11-13-29(25)33/h1-4,6-13,16-17H,5,14-15,18-19,30-31H2. The van der Waals surface area contributed by atoms with Crippen LogP contribution in [-0.2, 0) is 26.2 Å². The molecule has 0 atom stereocenters. The van der Waals surface area contributed by atoms with Gasteiger partial charge in [0.1, 0.15) is 0 Å². The van der Waals surface area contributed by atoms with Crippen LogP contribution in [0.5, 0.6) is 0 Å². The minimum atomic E-state index is 0.565. The second-order valence-electron chi connectivity index (χ2n) is 8.80. The number of aromatic nitrogens is 2. The van der Waals surface area contributed by atoms with Gasteiger partial charge in [0, 0.05) is 69.8 Å². The van der Waals surface area contributed by atoms with Crippen molar-refractivity contribution in [3.8, 4) is 0 Å². The molecule has 0 aliphatic rings. The van der Waals surface area contributed by atoms with Crippen LogP contribution >= 0.6 is 0 Å². The van der Waals surface area contributed by atoms with Gasteiger partial charge in [0.15, 0.2) is 0 Å². The zero-order valence-corrected chi connectivity index (χ0v) is 18.7. The highest BCUT2D eigenvalue weighted by atomic mass is 15.0. The predicted molar refractivity (Wildman–Crippen MR) is 139 cm³/mol. The molecule has 0 radical (unpaired) electrons. The van der Waals surface area contributed by atoms with Gasteiger partial charge in [-0.2, -0.15) is 0 Å². The number of benzene rings is 4. The maximum Gasteiger partial charge on any atom is 0.0491 e. The molecular weight excluding hydrogens is 404 g/mol. The van der Waals surface area contributed by atoms with Crippen LogP contribution in [0.1, 0.15) is 17.5 Å². The van der Waals surface area contributed by atoms with Gasteiger partial charge in [-0.1, -0.05) is 48.5 Å². The maximum atomic E-state index is 5.92. The second kappa shape index (κ2) is 8.07. The Kier molecular flexibility index (Phi) is 4.90. The summed E-state index contributed by atoms with van der Waals surface area (Å²) >= 11 is 0. The summed E-state index contributed by atoms with van der Waals surface area (Å²) < 4.78 is 4.93. The van der Waals surface area contributed by atoms with Crippen molar-refractivity contribution in [1.82, 2.24) is 9.13 Å². The summed E-state index contributed by atoms with van der Waals surface area (Å²) in [5, 5.41) is 5.18. The molecule has 4 nitrogen and oxygen atoms in total. The van der Waals surface area contributed by atoms with Gasteiger partial charge in [-0.25, -0.2) is 0 Å². The Morgan fingerprint density at radius 2 is 0.909 bits per heavy atom. The van der Waals surface area contributed by atoms with Crippen LogP contribution in [0.4, 0.5) is 0 Å². The molecular formula is C29H28N4. The number of aryl methyl sites for hydroxylation is 2. The number of rotatable bonds is 6. The molecule has 4 aromatic carbocycles. The van der Waals surface area contributed by atoms with Gasteiger partial charge < -0.3 is 20.6 Å². The van der Waals surface area contributed by atoms with E-state index in [9.17, 15) is 0 Å². The molecule has 4 N–H and O–H groups in total. The van der Waals surface area contributed by atoms with E-state index in [1.54, 1.807) is 0 Å². The quantitative estimate of drug-likeness (QED) is 0.344. The van der Waals surface area contributed by atoms with Crippen LogP contribution in [0.3, 0.4) is 0 Å². The minimum Gasteiger partial charge on any atom is -0.340 e. The van der Waals surface area contributed by atoms with Crippen molar-refractivity contribution < 1.29 is 0 Å². The van der Waals surface area contributed by atoms with Crippen molar-refractivity contribution in [1.29, 1.82) is 0 Å². The van der Waals surface area contributed by atoms with Gasteiger partial charge in [0.05, 0.1) is 0 Å². The van der Waals surface area contributed by atoms with Crippen molar-refractivity contribution >= 4 is 43.6 Å². The van der Waals surface area contributed by atoms with E-state index in [4.69, 9.17) is 11.5 Å². The van der Waals surface area contributed by atoms with Crippen LogP contribution < -0.4 is 11.5 Å². The number of nitrogens with two attached hydrogens (primary N) is 2. The van der Waals surface area contributed by atoms with Gasteiger partial charge in [0.25, 0.3) is 0 Å². The fourth-order valence-electron chi connectivity index (χ4n) is 5.32. The molecule has 6 aromatic rings. The summed E-state index contributed by atoms with van der Waals surface area (Å²) in [6.45, 7) is 3.05. The number of para-hydroxylation sites is 2. The molecule has 0 unspecified atom stereocenters. The van der Waals surface area contributed by atoms with Gasteiger partial charge in [-0.15, -0.1) is 0 Å². The van der Waals surface area contributed by atoms with Crippen LogP contribution in [0.15, 0.2) is 84.9 Å². The average Bonchev–Trinajstić information content (AvgIpc) is 3.36. The largest absolute Gasteiger partial charge is 0.340 e. The first-order valence-corrected chi connectivity index (χ1v) is 11.7. The van der Waals surface area contributed by atoms with E-state index in [2.05, 4.69) is 94.1 Å². The zero-order chi connectivity index (χ0) is 22.4. The maximum absolute atomic E-state index is 5.92. The number of nitrogens with zero attached hydrogens (tertiary/aromatic N) is 2. The van der Waals surface area contributed by atoms with Crippen molar-refractivity contribution in [2.45, 2.75) is 32.6 Å². The van der Waals surface area contributed by atoms with Crippen molar-refractivity contribution in [3.05, 3.63) is 96.1 Å². The molecule has 2 heterocycles. The summed E-state index contributed by atoms with van der Waals surface area (Å²) in [5.41, 5.74) is 19.3. The van der Waals surface area contributed by atoms with Gasteiger partial charge in [-0.3, -0.25) is 0 Å². The van der Waals surface area contributed by atoms with E-state index in [-0.39, 0.29) is 0 Å². The van der Waals surface area contributed by atoms with Crippen LogP contribution in [0.2, 0.25) is 0 Å². The fourth-order valence-corrected chi connectivity index (χ4v) is 5.32. The third-order valence-corrected chi connectivity index (χ3v) is 6.91. The first-order chi connectivity index (χ1) is 16.3. The molecule has 0 spiro atoms. The van der Waals surface area contributed by atoms with Crippen molar-refractivity contribution in [3.63, 3.8) is 0 Å². The molecule has 0 aliphatic heterocycles. The SMILES string of the molecule is NCc1ccc2c(c1)c1ccccc1n2CCCn1c2ccccc2c2cc(CN)ccc21. The normalized spacial score (nSPS) is 11.9. The third kappa shape index (κ3) is 3.22. The minimum absolute atomic E-state index is 0.565. The van der Waals surface area contributed by atoms with Gasteiger partial charge >= 0.3 is 0 Å². The molecule has 0 amide bonds. The Balaban J connectivity index is 1.39. The first kappa shape index (κ1) is 20.0. The third-order valence-electron chi connectivity index (χ3n) is 6.91. The lowest BCUT2D eigenvalue weighted by Crippen LogP contribution is -2.04. The van der Waals surface area contributed by atoms with E-state index >= 15 is 0 Å². The molecule has 33 heavy (non-hydrogen) atoms. The van der Waals surface area contributed by atoms with Gasteiger partial charge in [0.2, 0.25) is 0 Å². The Hall–Kier alpha value is -3.60. The summed E-state index contributed by atoms with van der Waals surface area (Å²) in [4.78, 5) is 0. The highest BCUT2D eigenvalue weighted by Crippen LogP contribution is 2.32. The van der Waals surface area contributed by atoms with E-state index in [0.29, 0.717) is 13.1 Å². The van der Waals surface area contributed by atoms with E-state index < -0.39 is 0 Å². The topological polar surface area (TPSA) is 61.9 Å². The molecule has 2 aromatic heterocycles. The molecule has 0 fully saturated rings. The van der Waals surface area contributed by atoms with Crippen LogP contribution in [-0.4, -0.2) is 9.13 Å². The monoisotopic (exact) mass is 432 g/mol. The van der Waals surface area contributed by atoms with Crippen LogP contribution in [0.25, 0.3) is 43.6 Å². The first-order valence-electron chi connectivity index (χ1n) is 11.7. The second-order valence-corrected chi connectivity index (χ2v) is 8.80. The lowest BCUT2D eigenvalue weighted by Gasteiger charge is -2.11. The Bertz CT molecular complexity index is 1500.